The van der Waals surface area contributed by atoms with E-state index < -0.39 is 23.6 Å². The second-order valence-electron chi connectivity index (χ2n) is 11.6. The van der Waals surface area contributed by atoms with Crippen LogP contribution >= 0.6 is 27.7 Å². The first-order valence-electron chi connectivity index (χ1n) is 14.3. The van der Waals surface area contributed by atoms with Crippen molar-refractivity contribution >= 4 is 39.6 Å². The van der Waals surface area contributed by atoms with Gasteiger partial charge in [-0.25, -0.2) is 9.80 Å². The molecule has 0 radical (unpaired) electrons. The summed E-state index contributed by atoms with van der Waals surface area (Å²) in [6, 6.07) is 19.8. The minimum Gasteiger partial charge on any atom is -0.480 e. The minimum absolute atomic E-state index is 0.231. The van der Waals surface area contributed by atoms with Crippen molar-refractivity contribution in [1.29, 1.82) is 0 Å². The number of carboxylic acids is 1. The third-order valence-electron chi connectivity index (χ3n) is 8.66. The highest BCUT2D eigenvalue weighted by molar-refractivity contribution is 9.10. The molecule has 4 atom stereocenters. The number of hydrogen-bond donors (Lipinski definition) is 3. The summed E-state index contributed by atoms with van der Waals surface area (Å²) >= 11 is 5.82. The van der Waals surface area contributed by atoms with Gasteiger partial charge in [-0.15, -0.1) is 11.8 Å². The topological polar surface area (TPSA) is 106 Å². The van der Waals surface area contributed by atoms with E-state index in [4.69, 9.17) is 0 Å². The number of carboxylic acid groups (broad SMARTS) is 1. The van der Waals surface area contributed by atoms with E-state index in [-0.39, 0.29) is 17.9 Å². The molecule has 3 aromatic rings. The molecule has 218 valence electrons. The van der Waals surface area contributed by atoms with Gasteiger partial charge in [0, 0.05) is 26.2 Å². The molecule has 3 aromatic carbocycles. The summed E-state index contributed by atoms with van der Waals surface area (Å²) < 4.78 is 0.990. The number of aliphatic carboxylic acids is 1. The zero-order valence-corrected chi connectivity index (χ0v) is 26.2. The summed E-state index contributed by atoms with van der Waals surface area (Å²) in [6.45, 7) is 5.75. The zero-order valence-electron chi connectivity index (χ0n) is 23.8. The zero-order chi connectivity index (χ0) is 29.6. The second-order valence-corrected chi connectivity index (χ2v) is 13.4. The summed E-state index contributed by atoms with van der Waals surface area (Å²) in [5.74, 6) is -1.09. The highest BCUT2D eigenvalue weighted by Crippen LogP contribution is 2.57. The van der Waals surface area contributed by atoms with E-state index in [0.29, 0.717) is 6.42 Å². The number of aryl methyl sites for hydroxylation is 1. The van der Waals surface area contributed by atoms with Crippen LogP contribution < -0.4 is 10.7 Å². The normalized spacial score (nSPS) is 22.7. The number of carbonyl (C=O) groups is 2. The standard InChI is InChI=1S/C32H34BrN5O3S/c1-18(2)28(31(40)41)34-30(39)22-13-9-15-25(22)38-32(35-36-37-38)24-14-8-7-12-21(24)23-16-19(3)29(27(33)26(23)32)42-17-20-10-5-4-6-11-20/h4-8,10-12,14,16,18,22,25,28H,9,13,15,17H2,1-3H3,(H,34,39)(H,35,37)(H,40,41)/t22?,25?,28-,32?/m0/s1. The maximum atomic E-state index is 13.6. The number of carbonyl (C=O) groups excluding carboxylic acids is 1. The summed E-state index contributed by atoms with van der Waals surface area (Å²) in [5, 5.41) is 23.5. The Morgan fingerprint density at radius 2 is 1.88 bits per heavy atom. The SMILES string of the molecule is Cc1cc2c(c(Br)c1SCc1ccccc1)C1(NN=NN1C1CCCC1C(=O)N[C@H](C(=O)O)C(C)C)c1ccccc1-2. The maximum Gasteiger partial charge on any atom is 0.326 e. The smallest absolute Gasteiger partial charge is 0.326 e. The molecule has 6 rings (SSSR count). The van der Waals surface area contributed by atoms with Crippen molar-refractivity contribution in [2.75, 3.05) is 0 Å². The van der Waals surface area contributed by atoms with Crippen molar-refractivity contribution in [3.05, 3.63) is 87.4 Å². The van der Waals surface area contributed by atoms with Gasteiger partial charge < -0.3 is 10.4 Å². The van der Waals surface area contributed by atoms with E-state index in [1.165, 1.54) is 11.1 Å². The van der Waals surface area contributed by atoms with Crippen molar-refractivity contribution in [2.24, 2.45) is 22.3 Å². The van der Waals surface area contributed by atoms with Crippen LogP contribution in [-0.2, 0) is 21.0 Å². The van der Waals surface area contributed by atoms with Crippen LogP contribution in [0.25, 0.3) is 11.1 Å². The van der Waals surface area contributed by atoms with E-state index in [1.54, 1.807) is 25.6 Å². The fraction of sp³-hybridized carbons (Fsp3) is 0.375. The molecule has 1 aliphatic heterocycles. The third kappa shape index (κ3) is 4.68. The number of nitrogens with zero attached hydrogens (tertiary/aromatic N) is 3. The van der Waals surface area contributed by atoms with Crippen molar-refractivity contribution in [2.45, 2.75) is 68.4 Å². The Kier molecular flexibility index (Phi) is 7.78. The van der Waals surface area contributed by atoms with Gasteiger partial charge in [0.05, 0.1) is 12.0 Å². The Morgan fingerprint density at radius 1 is 1.14 bits per heavy atom. The Bertz CT molecular complexity index is 1570. The highest BCUT2D eigenvalue weighted by Gasteiger charge is 2.57. The van der Waals surface area contributed by atoms with Crippen molar-refractivity contribution < 1.29 is 14.7 Å². The predicted molar refractivity (Wildman–Crippen MR) is 166 cm³/mol. The lowest BCUT2D eigenvalue weighted by Gasteiger charge is -2.40. The van der Waals surface area contributed by atoms with Gasteiger partial charge in [0.1, 0.15) is 6.04 Å². The van der Waals surface area contributed by atoms with Gasteiger partial charge in [0.15, 0.2) is 5.66 Å². The molecule has 8 nitrogen and oxygen atoms in total. The van der Waals surface area contributed by atoms with Gasteiger partial charge in [0.2, 0.25) is 5.91 Å². The molecule has 0 bridgehead atoms. The molecule has 1 heterocycles. The number of fused-ring (bicyclic) bond motifs is 5. The van der Waals surface area contributed by atoms with Gasteiger partial charge in [-0.3, -0.25) is 10.2 Å². The first-order valence-corrected chi connectivity index (χ1v) is 16.1. The van der Waals surface area contributed by atoms with Crippen LogP contribution in [0.1, 0.15) is 55.4 Å². The van der Waals surface area contributed by atoms with Gasteiger partial charge in [-0.2, -0.15) is 0 Å². The lowest BCUT2D eigenvalue weighted by atomic mass is 9.91. The fourth-order valence-corrected chi connectivity index (χ4v) is 8.82. The average molecular weight is 649 g/mol. The monoisotopic (exact) mass is 647 g/mol. The summed E-state index contributed by atoms with van der Waals surface area (Å²) in [7, 11) is 0. The lowest BCUT2D eigenvalue weighted by molar-refractivity contribution is -0.144. The van der Waals surface area contributed by atoms with Crippen LogP contribution in [0.2, 0.25) is 0 Å². The molecule has 3 aliphatic rings. The van der Waals surface area contributed by atoms with Gasteiger partial charge in [-0.1, -0.05) is 85.3 Å². The second kappa shape index (κ2) is 11.4. The maximum absolute atomic E-state index is 13.6. The van der Waals surface area contributed by atoms with E-state index in [9.17, 15) is 14.7 Å². The summed E-state index contributed by atoms with van der Waals surface area (Å²) in [5.41, 5.74) is 9.19. The lowest BCUT2D eigenvalue weighted by Crippen LogP contribution is -2.56. The molecule has 3 unspecified atom stereocenters. The quantitative estimate of drug-likeness (QED) is 0.232. The number of nitrogens with one attached hydrogen (secondary N) is 2. The molecule has 10 heteroatoms. The van der Waals surface area contributed by atoms with Crippen molar-refractivity contribution in [1.82, 2.24) is 15.8 Å². The number of amides is 1. The number of rotatable bonds is 8. The molecule has 1 spiro atoms. The van der Waals surface area contributed by atoms with E-state index in [0.717, 1.165) is 50.2 Å². The first-order chi connectivity index (χ1) is 20.2. The Hall–Kier alpha value is -3.37. The van der Waals surface area contributed by atoms with Gasteiger partial charge in [0.25, 0.3) is 0 Å². The largest absolute Gasteiger partial charge is 0.480 e. The minimum atomic E-state index is -1.02. The fourth-order valence-electron chi connectivity index (χ4n) is 6.64. The van der Waals surface area contributed by atoms with Crippen LogP contribution in [0, 0.1) is 18.8 Å². The van der Waals surface area contributed by atoms with E-state index in [1.807, 2.05) is 23.2 Å². The van der Waals surface area contributed by atoms with Crippen LogP contribution in [0.5, 0.6) is 0 Å². The molecular formula is C32H34BrN5O3S. The van der Waals surface area contributed by atoms with Gasteiger partial charge in [-0.05, 0) is 69.9 Å². The Balaban J connectivity index is 1.41. The number of benzene rings is 3. The molecule has 1 amide bonds. The molecule has 0 aromatic heterocycles. The molecule has 2 aliphatic carbocycles. The molecule has 42 heavy (non-hydrogen) atoms. The Morgan fingerprint density at radius 3 is 2.62 bits per heavy atom. The number of thioether (sulfide) groups is 1. The van der Waals surface area contributed by atoms with Crippen LogP contribution in [-0.4, -0.2) is 34.1 Å². The van der Waals surface area contributed by atoms with Crippen molar-refractivity contribution in [3.63, 3.8) is 0 Å². The summed E-state index contributed by atoms with van der Waals surface area (Å²) in [6.07, 6.45) is 2.24. The van der Waals surface area contributed by atoms with Crippen molar-refractivity contribution in [3.8, 4) is 11.1 Å². The Labute approximate surface area is 258 Å². The number of halogens is 1. The highest BCUT2D eigenvalue weighted by atomic mass is 79.9. The molecule has 3 N–H and O–H groups in total. The average Bonchev–Trinajstić information content (AvgIpc) is 3.69. The van der Waals surface area contributed by atoms with Crippen LogP contribution in [0.3, 0.4) is 0 Å². The first kappa shape index (κ1) is 28.7. The summed E-state index contributed by atoms with van der Waals surface area (Å²) in [4.78, 5) is 26.6. The molecule has 1 fully saturated rings. The molecule has 1 saturated carbocycles. The molecule has 0 saturated heterocycles. The van der Waals surface area contributed by atoms with Gasteiger partial charge >= 0.3 is 5.97 Å². The third-order valence-corrected chi connectivity index (χ3v) is 11.0. The van der Waals surface area contributed by atoms with E-state index in [2.05, 4.69) is 86.5 Å². The van der Waals surface area contributed by atoms with Crippen LogP contribution in [0.4, 0.5) is 0 Å². The van der Waals surface area contributed by atoms with Crippen LogP contribution in [0.15, 0.2) is 80.5 Å². The molecular weight excluding hydrogens is 614 g/mol. The predicted octanol–water partition coefficient (Wildman–Crippen LogP) is 6.81. The van der Waals surface area contributed by atoms with E-state index >= 15 is 0 Å². The number of hydrogen-bond acceptors (Lipinski definition) is 7.